The molecule has 2 fully saturated rings. The maximum absolute atomic E-state index is 12.6. The molecule has 142 valence electrons. The van der Waals surface area contributed by atoms with Gasteiger partial charge in [0.05, 0.1) is 18.0 Å². The molecule has 0 aromatic heterocycles. The number of rotatable bonds is 5. The molecule has 1 saturated heterocycles. The molecule has 1 saturated carbocycles. The number of nitrogens with zero attached hydrogens (tertiary/aromatic N) is 1. The number of hydrogen-bond donors (Lipinski definition) is 2. The average molecular weight is 366 g/mol. The van der Waals surface area contributed by atoms with Gasteiger partial charge in [-0.2, -0.15) is 0 Å². The van der Waals surface area contributed by atoms with Crippen molar-refractivity contribution >= 4 is 22.6 Å². The fourth-order valence-corrected chi connectivity index (χ4v) is 5.06. The summed E-state index contributed by atoms with van der Waals surface area (Å²) in [5.41, 5.74) is 0.461. The van der Waals surface area contributed by atoms with E-state index in [0.29, 0.717) is 13.1 Å². The maximum atomic E-state index is 12.6. The molecular formula is C22H26N2O3. The Kier molecular flexibility index (Phi) is 4.64. The van der Waals surface area contributed by atoms with E-state index in [9.17, 15) is 14.7 Å². The second-order valence-corrected chi connectivity index (χ2v) is 8.08. The zero-order valence-corrected chi connectivity index (χ0v) is 15.6. The first-order valence-corrected chi connectivity index (χ1v) is 9.72. The SMILES string of the molecule is CC(NC(=O)CN1C[C@@H]2CCC[C@@]2(C(=O)O)C1)c1cccc2ccccc12. The molecule has 0 spiro atoms. The Morgan fingerprint density at radius 2 is 2.04 bits per heavy atom. The number of benzene rings is 2. The zero-order valence-electron chi connectivity index (χ0n) is 15.6. The molecule has 2 aromatic rings. The summed E-state index contributed by atoms with van der Waals surface area (Å²) >= 11 is 0. The quantitative estimate of drug-likeness (QED) is 0.853. The number of hydrogen-bond acceptors (Lipinski definition) is 3. The van der Waals surface area contributed by atoms with Gasteiger partial charge in [0.1, 0.15) is 0 Å². The Labute approximate surface area is 159 Å². The standard InChI is InChI=1S/C22H26N2O3/c1-15(18-10-4-7-16-6-2-3-9-19(16)18)23-20(25)13-24-12-17-8-5-11-22(17,14-24)21(26)27/h2-4,6-7,9-10,15,17H,5,8,11-14H2,1H3,(H,23,25)(H,26,27)/t15?,17-,22+/m0/s1. The molecule has 4 rings (SSSR count). The maximum Gasteiger partial charge on any atom is 0.311 e. The van der Waals surface area contributed by atoms with Crippen LogP contribution in [0.25, 0.3) is 10.8 Å². The van der Waals surface area contributed by atoms with Gasteiger partial charge in [-0.25, -0.2) is 0 Å². The third kappa shape index (κ3) is 3.21. The van der Waals surface area contributed by atoms with E-state index in [4.69, 9.17) is 0 Å². The largest absolute Gasteiger partial charge is 0.481 e. The summed E-state index contributed by atoms with van der Waals surface area (Å²) in [6, 6.07) is 14.2. The normalized spacial score (nSPS) is 26.0. The van der Waals surface area contributed by atoms with E-state index in [2.05, 4.69) is 23.5 Å². The van der Waals surface area contributed by atoms with Crippen molar-refractivity contribution < 1.29 is 14.7 Å². The van der Waals surface area contributed by atoms with Crippen LogP contribution < -0.4 is 5.32 Å². The van der Waals surface area contributed by atoms with Crippen LogP contribution in [0.2, 0.25) is 0 Å². The minimum Gasteiger partial charge on any atom is -0.481 e. The summed E-state index contributed by atoms with van der Waals surface area (Å²) in [4.78, 5) is 26.4. The molecule has 2 aliphatic rings. The lowest BCUT2D eigenvalue weighted by atomic mass is 9.81. The van der Waals surface area contributed by atoms with Crippen molar-refractivity contribution in [3.8, 4) is 0 Å². The number of nitrogens with one attached hydrogen (secondary N) is 1. The van der Waals surface area contributed by atoms with Gasteiger partial charge in [0.15, 0.2) is 0 Å². The Morgan fingerprint density at radius 1 is 1.26 bits per heavy atom. The third-order valence-electron chi connectivity index (χ3n) is 6.40. The molecule has 2 N–H and O–H groups in total. The first kappa shape index (κ1) is 18.0. The summed E-state index contributed by atoms with van der Waals surface area (Å²) < 4.78 is 0. The van der Waals surface area contributed by atoms with Crippen molar-refractivity contribution in [2.45, 2.75) is 32.2 Å². The van der Waals surface area contributed by atoms with E-state index in [0.717, 1.165) is 35.6 Å². The molecule has 0 bridgehead atoms. The van der Waals surface area contributed by atoms with Crippen LogP contribution in [0.15, 0.2) is 42.5 Å². The predicted molar refractivity (Wildman–Crippen MR) is 104 cm³/mol. The lowest BCUT2D eigenvalue weighted by Crippen LogP contribution is -2.40. The summed E-state index contributed by atoms with van der Waals surface area (Å²) in [7, 11) is 0. The van der Waals surface area contributed by atoms with Crippen molar-refractivity contribution in [3.63, 3.8) is 0 Å². The van der Waals surface area contributed by atoms with Gasteiger partial charge in [-0.1, -0.05) is 48.9 Å². The highest BCUT2D eigenvalue weighted by atomic mass is 16.4. The molecule has 2 aromatic carbocycles. The molecule has 1 unspecified atom stereocenters. The van der Waals surface area contributed by atoms with Crippen LogP contribution >= 0.6 is 0 Å². The highest BCUT2D eigenvalue weighted by molar-refractivity contribution is 5.87. The minimum absolute atomic E-state index is 0.0454. The van der Waals surface area contributed by atoms with Gasteiger partial charge in [0.2, 0.25) is 5.91 Å². The number of aliphatic carboxylic acids is 1. The summed E-state index contributed by atoms with van der Waals surface area (Å²) in [6.07, 6.45) is 2.67. The highest BCUT2D eigenvalue weighted by Gasteiger charge is 2.54. The van der Waals surface area contributed by atoms with Crippen LogP contribution in [0.3, 0.4) is 0 Å². The number of carboxylic acid groups (broad SMARTS) is 1. The number of carbonyl (C=O) groups excluding carboxylic acids is 1. The van der Waals surface area contributed by atoms with Gasteiger partial charge in [-0.05, 0) is 42.0 Å². The van der Waals surface area contributed by atoms with E-state index < -0.39 is 11.4 Å². The van der Waals surface area contributed by atoms with Crippen molar-refractivity contribution in [2.75, 3.05) is 19.6 Å². The fourth-order valence-electron chi connectivity index (χ4n) is 5.06. The van der Waals surface area contributed by atoms with Gasteiger partial charge >= 0.3 is 5.97 Å². The van der Waals surface area contributed by atoms with Crippen LogP contribution in [-0.2, 0) is 9.59 Å². The third-order valence-corrected chi connectivity index (χ3v) is 6.40. The second kappa shape index (κ2) is 6.97. The van der Waals surface area contributed by atoms with Gasteiger partial charge in [-0.15, -0.1) is 0 Å². The van der Waals surface area contributed by atoms with Gasteiger partial charge in [-0.3, -0.25) is 14.5 Å². The molecule has 1 aliphatic carbocycles. The molecule has 3 atom stereocenters. The van der Waals surface area contributed by atoms with Crippen molar-refractivity contribution in [3.05, 3.63) is 48.0 Å². The van der Waals surface area contributed by atoms with Crippen LogP contribution in [-0.4, -0.2) is 41.5 Å². The number of carboxylic acids is 1. The highest BCUT2D eigenvalue weighted by Crippen LogP contribution is 2.48. The van der Waals surface area contributed by atoms with E-state index in [1.807, 2.05) is 36.1 Å². The summed E-state index contributed by atoms with van der Waals surface area (Å²) in [6.45, 7) is 3.46. The number of fused-ring (bicyclic) bond motifs is 2. The number of carbonyl (C=O) groups is 2. The lowest BCUT2D eigenvalue weighted by molar-refractivity contribution is -0.149. The van der Waals surface area contributed by atoms with Gasteiger partial charge < -0.3 is 10.4 Å². The molecule has 1 amide bonds. The molecule has 27 heavy (non-hydrogen) atoms. The van der Waals surface area contributed by atoms with Crippen LogP contribution in [0.1, 0.15) is 37.8 Å². The smallest absolute Gasteiger partial charge is 0.311 e. The Morgan fingerprint density at radius 3 is 2.81 bits per heavy atom. The number of likely N-dealkylation sites (tertiary alicyclic amines) is 1. The monoisotopic (exact) mass is 366 g/mol. The van der Waals surface area contributed by atoms with Crippen LogP contribution in [0, 0.1) is 11.3 Å². The Balaban J connectivity index is 1.42. The molecule has 5 nitrogen and oxygen atoms in total. The predicted octanol–water partition coefficient (Wildman–Crippen LogP) is 3.20. The molecule has 1 heterocycles. The van der Waals surface area contributed by atoms with E-state index in [-0.39, 0.29) is 24.4 Å². The van der Waals surface area contributed by atoms with Crippen LogP contribution in [0.4, 0.5) is 0 Å². The van der Waals surface area contributed by atoms with E-state index >= 15 is 0 Å². The average Bonchev–Trinajstić information content (AvgIpc) is 3.19. The molecule has 5 heteroatoms. The van der Waals surface area contributed by atoms with Crippen molar-refractivity contribution in [2.24, 2.45) is 11.3 Å². The van der Waals surface area contributed by atoms with E-state index in [1.54, 1.807) is 0 Å². The summed E-state index contributed by atoms with van der Waals surface area (Å²) in [5.74, 6) is -0.564. The second-order valence-electron chi connectivity index (χ2n) is 8.08. The zero-order chi connectivity index (χ0) is 19.0. The van der Waals surface area contributed by atoms with E-state index in [1.165, 1.54) is 0 Å². The van der Waals surface area contributed by atoms with Crippen molar-refractivity contribution in [1.82, 2.24) is 10.2 Å². The van der Waals surface area contributed by atoms with Gasteiger partial charge in [0.25, 0.3) is 0 Å². The first-order chi connectivity index (χ1) is 13.0. The van der Waals surface area contributed by atoms with Crippen LogP contribution in [0.5, 0.6) is 0 Å². The molecule has 0 radical (unpaired) electrons. The fraction of sp³-hybridized carbons (Fsp3) is 0.455. The minimum atomic E-state index is -0.697. The molecule has 1 aliphatic heterocycles. The molecular weight excluding hydrogens is 340 g/mol. The lowest BCUT2D eigenvalue weighted by Gasteiger charge is -2.23. The Bertz CT molecular complexity index is 875. The van der Waals surface area contributed by atoms with Crippen molar-refractivity contribution in [1.29, 1.82) is 0 Å². The topological polar surface area (TPSA) is 69.6 Å². The first-order valence-electron chi connectivity index (χ1n) is 9.72. The van der Waals surface area contributed by atoms with Gasteiger partial charge in [0, 0.05) is 13.1 Å². The summed E-state index contributed by atoms with van der Waals surface area (Å²) in [5, 5.41) is 15.1. The Hall–Kier alpha value is -2.40. The number of amides is 1.